The average Bonchev–Trinajstić information content (AvgIpc) is 2.74. The van der Waals surface area contributed by atoms with E-state index in [0.29, 0.717) is 5.92 Å². The minimum Gasteiger partial charge on any atom is -0.458 e. The molecule has 2 saturated carbocycles. The first kappa shape index (κ1) is 8.51. The second kappa shape index (κ2) is 2.85. The molecular weight excluding hydrogens is 176 g/mol. The lowest BCUT2D eigenvalue weighted by molar-refractivity contribution is -0.147. The summed E-state index contributed by atoms with van der Waals surface area (Å²) in [5.74, 6) is 2.92. The first-order chi connectivity index (χ1) is 6.75. The molecule has 0 amide bonds. The van der Waals surface area contributed by atoms with Crippen molar-refractivity contribution in [2.75, 3.05) is 0 Å². The molecule has 2 unspecified atom stereocenters. The Kier molecular flexibility index (Phi) is 1.73. The van der Waals surface area contributed by atoms with Crippen molar-refractivity contribution in [3.8, 4) is 0 Å². The number of rotatable bonds is 1. The van der Waals surface area contributed by atoms with Gasteiger partial charge in [-0.1, -0.05) is 6.08 Å². The number of hydrogen-bond donors (Lipinski definition) is 0. The van der Waals surface area contributed by atoms with Gasteiger partial charge in [-0.15, -0.1) is 0 Å². The van der Waals surface area contributed by atoms with Gasteiger partial charge in [-0.05, 0) is 43.1 Å². The van der Waals surface area contributed by atoms with Crippen LogP contribution in [0.3, 0.4) is 0 Å². The van der Waals surface area contributed by atoms with Crippen LogP contribution >= 0.6 is 0 Å². The molecule has 2 nitrogen and oxygen atoms in total. The minimum absolute atomic E-state index is 0.0906. The van der Waals surface area contributed by atoms with Gasteiger partial charge in [0.1, 0.15) is 6.10 Å². The van der Waals surface area contributed by atoms with E-state index < -0.39 is 0 Å². The van der Waals surface area contributed by atoms with Crippen LogP contribution in [0, 0.1) is 23.7 Å². The van der Waals surface area contributed by atoms with Crippen molar-refractivity contribution < 1.29 is 9.53 Å². The lowest BCUT2D eigenvalue weighted by Gasteiger charge is -2.28. The van der Waals surface area contributed by atoms with Crippen LogP contribution in [0.1, 0.15) is 26.2 Å². The van der Waals surface area contributed by atoms with E-state index >= 15 is 0 Å². The number of carbonyl (C=O) groups is 1. The second-order valence-electron chi connectivity index (χ2n) is 4.95. The number of fused-ring (bicyclic) bond motifs is 5. The molecular formula is C12H16O2. The lowest BCUT2D eigenvalue weighted by Crippen LogP contribution is -2.29. The summed E-state index contributed by atoms with van der Waals surface area (Å²) in [4.78, 5) is 10.9. The van der Waals surface area contributed by atoms with Crippen molar-refractivity contribution in [2.24, 2.45) is 23.7 Å². The second-order valence-corrected chi connectivity index (χ2v) is 4.95. The van der Waals surface area contributed by atoms with Crippen LogP contribution in [-0.2, 0) is 9.53 Å². The van der Waals surface area contributed by atoms with Crippen molar-refractivity contribution in [1.29, 1.82) is 0 Å². The molecule has 76 valence electrons. The molecule has 0 aromatic carbocycles. The molecule has 0 aromatic rings. The summed E-state index contributed by atoms with van der Waals surface area (Å²) in [6, 6.07) is 0. The third-order valence-electron chi connectivity index (χ3n) is 4.25. The van der Waals surface area contributed by atoms with Crippen molar-refractivity contribution >= 4 is 5.97 Å². The van der Waals surface area contributed by atoms with Crippen LogP contribution < -0.4 is 0 Å². The number of carbonyl (C=O) groups excluding carboxylic acids is 1. The Morgan fingerprint density at radius 2 is 2.07 bits per heavy atom. The molecule has 2 bridgehead atoms. The number of ether oxygens (including phenoxy) is 1. The van der Waals surface area contributed by atoms with Crippen LogP contribution in [0.25, 0.3) is 0 Å². The van der Waals surface area contributed by atoms with Gasteiger partial charge in [0.05, 0.1) is 0 Å². The Morgan fingerprint density at radius 1 is 1.29 bits per heavy atom. The van der Waals surface area contributed by atoms with Crippen LogP contribution in [-0.4, -0.2) is 12.1 Å². The van der Waals surface area contributed by atoms with Gasteiger partial charge in [0, 0.05) is 12.8 Å². The Labute approximate surface area is 84.3 Å². The van der Waals surface area contributed by atoms with Crippen molar-refractivity contribution in [1.82, 2.24) is 0 Å². The average molecular weight is 192 g/mol. The zero-order valence-corrected chi connectivity index (χ0v) is 8.48. The molecule has 0 N–H and O–H groups in total. The maximum absolute atomic E-state index is 10.9. The molecule has 0 saturated heterocycles. The first-order valence-corrected chi connectivity index (χ1v) is 5.61. The molecule has 3 aliphatic rings. The van der Waals surface area contributed by atoms with E-state index in [-0.39, 0.29) is 12.1 Å². The summed E-state index contributed by atoms with van der Waals surface area (Å²) >= 11 is 0. The largest absolute Gasteiger partial charge is 0.458 e. The fraction of sp³-hybridized carbons (Fsp3) is 0.750. The Hall–Kier alpha value is -0.790. The normalized spacial score (nSPS) is 48.2. The molecule has 0 aromatic heterocycles. The molecule has 5 atom stereocenters. The van der Waals surface area contributed by atoms with E-state index in [9.17, 15) is 4.79 Å². The highest BCUT2D eigenvalue weighted by molar-refractivity contribution is 5.66. The maximum Gasteiger partial charge on any atom is 0.303 e. The van der Waals surface area contributed by atoms with E-state index in [1.807, 2.05) is 0 Å². The van der Waals surface area contributed by atoms with E-state index in [2.05, 4.69) is 12.2 Å². The van der Waals surface area contributed by atoms with Gasteiger partial charge in [-0.3, -0.25) is 4.79 Å². The molecule has 0 radical (unpaired) electrons. The van der Waals surface area contributed by atoms with Gasteiger partial charge in [-0.2, -0.15) is 0 Å². The molecule has 14 heavy (non-hydrogen) atoms. The smallest absolute Gasteiger partial charge is 0.303 e. The minimum atomic E-state index is -0.136. The monoisotopic (exact) mass is 192 g/mol. The standard InChI is InChI=1S/C12H16O2/c1-7(13)14-11-5-4-10-8-2-3-9(6-8)12(10)11/h4-5,8-12H,2-3,6H2,1H3/t8-,9+,10?,11+,12?/m1/s1. The Balaban J connectivity index is 1.79. The quantitative estimate of drug-likeness (QED) is 0.470. The molecule has 2 fully saturated rings. The summed E-state index contributed by atoms with van der Waals surface area (Å²) in [7, 11) is 0. The molecule has 0 spiro atoms. The van der Waals surface area contributed by atoms with Crippen LogP contribution in [0.5, 0.6) is 0 Å². The van der Waals surface area contributed by atoms with Gasteiger partial charge in [0.15, 0.2) is 0 Å². The number of allylic oxidation sites excluding steroid dienone is 1. The van der Waals surface area contributed by atoms with Gasteiger partial charge in [0.25, 0.3) is 0 Å². The van der Waals surface area contributed by atoms with E-state index in [4.69, 9.17) is 4.74 Å². The van der Waals surface area contributed by atoms with Gasteiger partial charge in [0.2, 0.25) is 0 Å². The first-order valence-electron chi connectivity index (χ1n) is 5.61. The zero-order valence-electron chi connectivity index (χ0n) is 8.48. The zero-order chi connectivity index (χ0) is 9.71. The molecule has 3 aliphatic carbocycles. The Morgan fingerprint density at radius 3 is 2.86 bits per heavy atom. The predicted molar refractivity (Wildman–Crippen MR) is 52.5 cm³/mol. The number of hydrogen-bond acceptors (Lipinski definition) is 2. The topological polar surface area (TPSA) is 26.3 Å². The predicted octanol–water partition coefficient (Wildman–Crippen LogP) is 2.15. The molecule has 0 heterocycles. The molecule has 0 aliphatic heterocycles. The van der Waals surface area contributed by atoms with Gasteiger partial charge in [-0.25, -0.2) is 0 Å². The van der Waals surface area contributed by atoms with Crippen LogP contribution in [0.15, 0.2) is 12.2 Å². The highest BCUT2D eigenvalue weighted by Crippen LogP contribution is 2.56. The van der Waals surface area contributed by atoms with Crippen molar-refractivity contribution in [3.63, 3.8) is 0 Å². The third kappa shape index (κ3) is 1.06. The fourth-order valence-electron chi connectivity index (χ4n) is 3.83. The fourth-order valence-corrected chi connectivity index (χ4v) is 3.83. The molecule has 3 rings (SSSR count). The lowest BCUT2D eigenvalue weighted by atomic mass is 9.80. The maximum atomic E-state index is 10.9. The molecule has 2 heteroatoms. The Bertz CT molecular complexity index is 295. The summed E-state index contributed by atoms with van der Waals surface area (Å²) < 4.78 is 5.35. The van der Waals surface area contributed by atoms with E-state index in [1.165, 1.54) is 26.2 Å². The number of esters is 1. The van der Waals surface area contributed by atoms with E-state index in [1.54, 1.807) is 0 Å². The summed E-state index contributed by atoms with van der Waals surface area (Å²) in [6.07, 6.45) is 8.61. The van der Waals surface area contributed by atoms with Crippen LogP contribution in [0.4, 0.5) is 0 Å². The van der Waals surface area contributed by atoms with Gasteiger partial charge < -0.3 is 4.74 Å². The van der Waals surface area contributed by atoms with Gasteiger partial charge >= 0.3 is 5.97 Å². The third-order valence-corrected chi connectivity index (χ3v) is 4.25. The summed E-state index contributed by atoms with van der Waals surface area (Å²) in [5.41, 5.74) is 0. The highest BCUT2D eigenvalue weighted by Gasteiger charge is 2.52. The summed E-state index contributed by atoms with van der Waals surface area (Å²) in [6.45, 7) is 1.51. The summed E-state index contributed by atoms with van der Waals surface area (Å²) in [5, 5.41) is 0. The SMILES string of the molecule is CC(=O)O[C@H]1C=CC2C1[C@H]1CC[C@@H]2C1. The van der Waals surface area contributed by atoms with Crippen molar-refractivity contribution in [3.05, 3.63) is 12.2 Å². The highest BCUT2D eigenvalue weighted by atomic mass is 16.5. The van der Waals surface area contributed by atoms with Crippen LogP contribution in [0.2, 0.25) is 0 Å². The van der Waals surface area contributed by atoms with E-state index in [0.717, 1.165) is 17.8 Å². The van der Waals surface area contributed by atoms with Crippen molar-refractivity contribution in [2.45, 2.75) is 32.3 Å².